The molecule has 1 unspecified atom stereocenters. The molecule has 70 valence electrons. The van der Waals surface area contributed by atoms with Gasteiger partial charge in [-0.1, -0.05) is 5.16 Å². The number of nitrogens with one attached hydrogen (secondary N) is 1. The minimum absolute atomic E-state index is 0.416. The lowest BCUT2D eigenvalue weighted by Gasteiger charge is -2.29. The standard InChI is InChI=1S/C10H14N2O/c1-11-9-8-7(6-12-13-8)2-3-10(9)4-5-10/h6,9,11H,2-5H2,1H3. The molecule has 0 radical (unpaired) electrons. The van der Waals surface area contributed by atoms with Gasteiger partial charge in [-0.3, -0.25) is 0 Å². The van der Waals surface area contributed by atoms with E-state index in [1.165, 1.54) is 24.8 Å². The largest absolute Gasteiger partial charge is 0.359 e. The molecule has 1 heterocycles. The molecule has 1 N–H and O–H groups in total. The summed E-state index contributed by atoms with van der Waals surface area (Å²) in [5, 5.41) is 7.25. The van der Waals surface area contributed by atoms with Crippen LogP contribution in [0.4, 0.5) is 0 Å². The van der Waals surface area contributed by atoms with E-state index in [0.717, 1.165) is 12.2 Å². The van der Waals surface area contributed by atoms with Crippen LogP contribution in [-0.4, -0.2) is 12.2 Å². The van der Waals surface area contributed by atoms with E-state index in [4.69, 9.17) is 4.52 Å². The maximum atomic E-state index is 5.32. The summed E-state index contributed by atoms with van der Waals surface area (Å²) in [5.41, 5.74) is 1.82. The number of hydrogen-bond donors (Lipinski definition) is 1. The molecule has 0 aliphatic heterocycles. The van der Waals surface area contributed by atoms with Crippen LogP contribution in [0, 0.1) is 5.41 Å². The van der Waals surface area contributed by atoms with Gasteiger partial charge < -0.3 is 9.84 Å². The number of rotatable bonds is 1. The highest BCUT2D eigenvalue weighted by Crippen LogP contribution is 2.60. The lowest BCUT2D eigenvalue weighted by molar-refractivity contribution is 0.243. The molecule has 1 atom stereocenters. The van der Waals surface area contributed by atoms with Crippen LogP contribution in [0.3, 0.4) is 0 Å². The molecule has 1 fully saturated rings. The first-order valence-corrected chi connectivity index (χ1v) is 4.96. The van der Waals surface area contributed by atoms with Crippen LogP contribution < -0.4 is 5.32 Å². The second-order valence-corrected chi connectivity index (χ2v) is 4.30. The van der Waals surface area contributed by atoms with E-state index in [1.54, 1.807) is 0 Å². The Morgan fingerprint density at radius 2 is 2.38 bits per heavy atom. The zero-order valence-electron chi connectivity index (χ0n) is 7.84. The molecule has 1 spiro atoms. The molecule has 3 rings (SSSR count). The first-order valence-electron chi connectivity index (χ1n) is 4.96. The van der Waals surface area contributed by atoms with Gasteiger partial charge >= 0.3 is 0 Å². The van der Waals surface area contributed by atoms with Crippen molar-refractivity contribution in [3.8, 4) is 0 Å². The molecular formula is C10H14N2O. The fourth-order valence-electron chi connectivity index (χ4n) is 2.64. The van der Waals surface area contributed by atoms with E-state index in [9.17, 15) is 0 Å². The molecule has 2 aliphatic rings. The Labute approximate surface area is 77.5 Å². The fourth-order valence-corrected chi connectivity index (χ4v) is 2.64. The smallest absolute Gasteiger partial charge is 0.157 e. The third-order valence-electron chi connectivity index (χ3n) is 3.62. The van der Waals surface area contributed by atoms with Crippen molar-refractivity contribution >= 4 is 0 Å². The Bertz CT molecular complexity index is 327. The maximum absolute atomic E-state index is 5.32. The van der Waals surface area contributed by atoms with E-state index in [2.05, 4.69) is 10.5 Å². The van der Waals surface area contributed by atoms with Crippen LogP contribution in [0.2, 0.25) is 0 Å². The Morgan fingerprint density at radius 3 is 3.08 bits per heavy atom. The predicted molar refractivity (Wildman–Crippen MR) is 48.3 cm³/mol. The normalized spacial score (nSPS) is 28.8. The maximum Gasteiger partial charge on any atom is 0.157 e. The van der Waals surface area contributed by atoms with E-state index in [-0.39, 0.29) is 0 Å². The van der Waals surface area contributed by atoms with Crippen molar-refractivity contribution < 1.29 is 4.52 Å². The van der Waals surface area contributed by atoms with Gasteiger partial charge in [0.2, 0.25) is 0 Å². The lowest BCUT2D eigenvalue weighted by atomic mass is 9.81. The molecule has 0 amide bonds. The zero-order valence-corrected chi connectivity index (χ0v) is 7.84. The first-order chi connectivity index (χ1) is 6.36. The molecule has 0 bridgehead atoms. The number of fused-ring (bicyclic) bond motifs is 1. The van der Waals surface area contributed by atoms with Crippen LogP contribution >= 0.6 is 0 Å². The molecule has 0 aromatic carbocycles. The quantitative estimate of drug-likeness (QED) is 0.710. The second-order valence-electron chi connectivity index (χ2n) is 4.30. The summed E-state index contributed by atoms with van der Waals surface area (Å²) in [4.78, 5) is 0. The minimum Gasteiger partial charge on any atom is -0.359 e. The SMILES string of the molecule is CNC1c2oncc2CCC12CC2. The monoisotopic (exact) mass is 178 g/mol. The van der Waals surface area contributed by atoms with Crippen LogP contribution in [0.25, 0.3) is 0 Å². The summed E-state index contributed by atoms with van der Waals surface area (Å²) in [5.74, 6) is 1.09. The second kappa shape index (κ2) is 2.35. The van der Waals surface area contributed by atoms with Gasteiger partial charge in [-0.25, -0.2) is 0 Å². The fraction of sp³-hybridized carbons (Fsp3) is 0.700. The first kappa shape index (κ1) is 7.56. The van der Waals surface area contributed by atoms with Crippen molar-refractivity contribution in [3.05, 3.63) is 17.5 Å². The van der Waals surface area contributed by atoms with Crippen LogP contribution in [0.5, 0.6) is 0 Å². The summed E-state index contributed by atoms with van der Waals surface area (Å²) >= 11 is 0. The van der Waals surface area contributed by atoms with Gasteiger partial charge in [-0.15, -0.1) is 0 Å². The van der Waals surface area contributed by atoms with Gasteiger partial charge in [-0.2, -0.15) is 0 Å². The molecule has 1 saturated carbocycles. The Hall–Kier alpha value is -0.830. The average Bonchev–Trinajstić information content (AvgIpc) is 2.76. The highest BCUT2D eigenvalue weighted by molar-refractivity contribution is 5.27. The van der Waals surface area contributed by atoms with Crippen LogP contribution in [0.15, 0.2) is 10.7 Å². The number of aryl methyl sites for hydroxylation is 1. The van der Waals surface area contributed by atoms with Crippen molar-refractivity contribution in [2.24, 2.45) is 5.41 Å². The number of nitrogens with zero attached hydrogens (tertiary/aromatic N) is 1. The van der Waals surface area contributed by atoms with E-state index in [1.807, 2.05) is 13.2 Å². The van der Waals surface area contributed by atoms with Gasteiger partial charge in [0, 0.05) is 5.56 Å². The van der Waals surface area contributed by atoms with Crippen molar-refractivity contribution in [2.45, 2.75) is 31.7 Å². The van der Waals surface area contributed by atoms with Crippen molar-refractivity contribution in [1.29, 1.82) is 0 Å². The highest BCUT2D eigenvalue weighted by Gasteiger charge is 2.53. The Morgan fingerprint density at radius 1 is 1.54 bits per heavy atom. The molecule has 2 aliphatic carbocycles. The summed E-state index contributed by atoms with van der Waals surface area (Å²) < 4.78 is 5.32. The third-order valence-corrected chi connectivity index (χ3v) is 3.62. The predicted octanol–water partition coefficient (Wildman–Crippen LogP) is 1.66. The molecule has 3 heteroatoms. The van der Waals surface area contributed by atoms with Gasteiger partial charge in [0.05, 0.1) is 12.2 Å². The van der Waals surface area contributed by atoms with Crippen molar-refractivity contribution in [3.63, 3.8) is 0 Å². The molecule has 0 saturated heterocycles. The zero-order chi connectivity index (χ0) is 8.89. The summed E-state index contributed by atoms with van der Waals surface area (Å²) in [6.07, 6.45) is 7.01. The van der Waals surface area contributed by atoms with Crippen molar-refractivity contribution in [2.75, 3.05) is 7.05 Å². The van der Waals surface area contributed by atoms with Gasteiger partial charge in [0.25, 0.3) is 0 Å². The molecule has 13 heavy (non-hydrogen) atoms. The van der Waals surface area contributed by atoms with Crippen LogP contribution in [0.1, 0.15) is 36.6 Å². The molecule has 1 aromatic rings. The Kier molecular flexibility index (Phi) is 1.37. The topological polar surface area (TPSA) is 38.1 Å². The van der Waals surface area contributed by atoms with Crippen LogP contribution in [-0.2, 0) is 6.42 Å². The van der Waals surface area contributed by atoms with Gasteiger partial charge in [-0.05, 0) is 38.1 Å². The lowest BCUT2D eigenvalue weighted by Crippen LogP contribution is -2.30. The molecule has 1 aromatic heterocycles. The molecule has 3 nitrogen and oxygen atoms in total. The highest BCUT2D eigenvalue weighted by atomic mass is 16.5. The number of hydrogen-bond acceptors (Lipinski definition) is 3. The summed E-state index contributed by atoms with van der Waals surface area (Å²) in [6.45, 7) is 0. The van der Waals surface area contributed by atoms with E-state index in [0.29, 0.717) is 11.5 Å². The van der Waals surface area contributed by atoms with Gasteiger partial charge in [0.15, 0.2) is 5.76 Å². The van der Waals surface area contributed by atoms with E-state index >= 15 is 0 Å². The minimum atomic E-state index is 0.416. The van der Waals surface area contributed by atoms with Gasteiger partial charge in [0.1, 0.15) is 0 Å². The Balaban J connectivity index is 2.04. The average molecular weight is 178 g/mol. The summed E-state index contributed by atoms with van der Waals surface area (Å²) in [6, 6.07) is 0.416. The third kappa shape index (κ3) is 0.908. The van der Waals surface area contributed by atoms with E-state index < -0.39 is 0 Å². The number of aromatic nitrogens is 1. The summed E-state index contributed by atoms with van der Waals surface area (Å²) in [7, 11) is 2.02. The van der Waals surface area contributed by atoms with Crippen molar-refractivity contribution in [1.82, 2.24) is 10.5 Å². The molecular weight excluding hydrogens is 164 g/mol.